The average molecular weight is 234 g/mol. The fraction of sp³-hybridized carbons (Fsp3) is 0.571. The molecule has 2 atom stereocenters. The monoisotopic (exact) mass is 234 g/mol. The summed E-state index contributed by atoms with van der Waals surface area (Å²) in [6.45, 7) is 7.49. The average Bonchev–Trinajstić information content (AvgIpc) is 2.59. The van der Waals surface area contributed by atoms with Crippen molar-refractivity contribution in [1.29, 1.82) is 0 Å². The highest BCUT2D eigenvalue weighted by atomic mass is 16.3. The second kappa shape index (κ2) is 4.31. The van der Waals surface area contributed by atoms with Crippen LogP contribution < -0.4 is 5.73 Å². The number of nitrogens with zero attached hydrogens (tertiary/aromatic N) is 1. The van der Waals surface area contributed by atoms with Crippen LogP contribution in [0.2, 0.25) is 0 Å². The van der Waals surface area contributed by atoms with Crippen molar-refractivity contribution in [3.63, 3.8) is 0 Å². The quantitative estimate of drug-likeness (QED) is 0.732. The molecule has 0 bridgehead atoms. The van der Waals surface area contributed by atoms with Crippen LogP contribution in [0.3, 0.4) is 0 Å². The second-order valence-electron chi connectivity index (χ2n) is 5.84. The first-order valence-corrected chi connectivity index (χ1v) is 6.20. The topological polar surface area (TPSA) is 49.5 Å². The van der Waals surface area contributed by atoms with Gasteiger partial charge >= 0.3 is 0 Å². The molecule has 0 saturated carbocycles. The minimum atomic E-state index is -0.295. The summed E-state index contributed by atoms with van der Waals surface area (Å²) in [6.07, 6.45) is 0.535. The van der Waals surface area contributed by atoms with E-state index in [1.54, 1.807) is 0 Å². The van der Waals surface area contributed by atoms with Crippen molar-refractivity contribution in [2.75, 3.05) is 12.3 Å². The van der Waals surface area contributed by atoms with E-state index in [1.807, 2.05) is 24.3 Å². The molecular formula is C14H22N2O. The number of nitrogen functional groups attached to an aromatic ring is 1. The smallest absolute Gasteiger partial charge is 0.0749 e. The van der Waals surface area contributed by atoms with Gasteiger partial charge in [-0.15, -0.1) is 0 Å². The van der Waals surface area contributed by atoms with Crippen molar-refractivity contribution < 1.29 is 5.11 Å². The van der Waals surface area contributed by atoms with Crippen LogP contribution in [-0.2, 0) is 0 Å². The van der Waals surface area contributed by atoms with E-state index >= 15 is 0 Å². The summed E-state index contributed by atoms with van der Waals surface area (Å²) in [4.78, 5) is 2.35. The Kier molecular flexibility index (Phi) is 3.15. The Morgan fingerprint density at radius 3 is 2.65 bits per heavy atom. The molecule has 1 aromatic carbocycles. The first-order valence-electron chi connectivity index (χ1n) is 6.20. The number of hydrogen-bond donors (Lipinski definition) is 2. The number of anilines is 1. The van der Waals surface area contributed by atoms with E-state index < -0.39 is 0 Å². The molecule has 0 aliphatic carbocycles. The summed E-state index contributed by atoms with van der Waals surface area (Å²) in [7, 11) is 0. The van der Waals surface area contributed by atoms with Crippen molar-refractivity contribution >= 4 is 5.69 Å². The molecule has 0 amide bonds. The zero-order valence-electron chi connectivity index (χ0n) is 10.9. The van der Waals surface area contributed by atoms with Gasteiger partial charge < -0.3 is 10.8 Å². The third-order valence-corrected chi connectivity index (χ3v) is 3.48. The molecule has 1 aliphatic heterocycles. The fourth-order valence-electron chi connectivity index (χ4n) is 2.67. The molecule has 1 aliphatic rings. The van der Waals surface area contributed by atoms with Crippen LogP contribution in [-0.4, -0.2) is 28.2 Å². The Morgan fingerprint density at radius 1 is 1.35 bits per heavy atom. The molecular weight excluding hydrogens is 212 g/mol. The molecule has 1 saturated heterocycles. The highest BCUT2D eigenvalue weighted by Gasteiger charge is 2.39. The molecule has 1 aromatic rings. The van der Waals surface area contributed by atoms with E-state index in [0.717, 1.165) is 24.2 Å². The van der Waals surface area contributed by atoms with Crippen molar-refractivity contribution in [3.8, 4) is 0 Å². The van der Waals surface area contributed by atoms with Gasteiger partial charge in [0, 0.05) is 17.8 Å². The minimum absolute atomic E-state index is 0.0623. The highest BCUT2D eigenvalue weighted by Crippen LogP contribution is 2.37. The number of likely N-dealkylation sites (tertiary alicyclic amines) is 1. The Bertz CT molecular complexity index is 397. The fourth-order valence-corrected chi connectivity index (χ4v) is 2.67. The lowest BCUT2D eigenvalue weighted by Crippen LogP contribution is -2.42. The van der Waals surface area contributed by atoms with Gasteiger partial charge in [-0.3, -0.25) is 4.90 Å². The van der Waals surface area contributed by atoms with Gasteiger partial charge in [0.1, 0.15) is 0 Å². The standard InChI is InChI=1S/C14H22N2O/c1-14(2,3)16-8-7-12(17)13(16)10-5-4-6-11(15)9-10/h4-6,9,12-13,17H,7-8,15H2,1-3H3. The molecule has 1 fully saturated rings. The SMILES string of the molecule is CC(C)(C)N1CCC(O)C1c1cccc(N)c1. The maximum Gasteiger partial charge on any atom is 0.0749 e. The van der Waals surface area contributed by atoms with Crippen molar-refractivity contribution in [2.24, 2.45) is 0 Å². The number of aliphatic hydroxyl groups excluding tert-OH is 1. The Labute approximate surface area is 103 Å². The van der Waals surface area contributed by atoms with Gasteiger partial charge in [-0.25, -0.2) is 0 Å². The van der Waals surface area contributed by atoms with E-state index in [-0.39, 0.29) is 17.7 Å². The largest absolute Gasteiger partial charge is 0.399 e. The molecule has 17 heavy (non-hydrogen) atoms. The predicted molar refractivity (Wildman–Crippen MR) is 70.7 cm³/mol. The predicted octanol–water partition coefficient (Wildman–Crippen LogP) is 2.17. The molecule has 0 radical (unpaired) electrons. The number of aliphatic hydroxyl groups is 1. The summed E-state index contributed by atoms with van der Waals surface area (Å²) in [5, 5.41) is 10.2. The molecule has 0 aromatic heterocycles. The maximum atomic E-state index is 10.2. The molecule has 0 spiro atoms. The summed E-state index contributed by atoms with van der Waals surface area (Å²) in [6, 6.07) is 7.92. The first-order chi connectivity index (χ1) is 7.89. The van der Waals surface area contributed by atoms with Gasteiger partial charge in [-0.2, -0.15) is 0 Å². The Balaban J connectivity index is 2.34. The highest BCUT2D eigenvalue weighted by molar-refractivity contribution is 5.42. The van der Waals surface area contributed by atoms with Gasteiger partial charge in [0.15, 0.2) is 0 Å². The summed E-state index contributed by atoms with van der Waals surface area (Å²) in [5.74, 6) is 0. The lowest BCUT2D eigenvalue weighted by Gasteiger charge is -2.38. The summed E-state index contributed by atoms with van der Waals surface area (Å²) >= 11 is 0. The molecule has 2 rings (SSSR count). The number of rotatable bonds is 1. The van der Waals surface area contributed by atoms with Gasteiger partial charge in [-0.1, -0.05) is 12.1 Å². The summed E-state index contributed by atoms with van der Waals surface area (Å²) < 4.78 is 0. The van der Waals surface area contributed by atoms with Gasteiger partial charge in [0.2, 0.25) is 0 Å². The van der Waals surface area contributed by atoms with Crippen LogP contribution in [0.25, 0.3) is 0 Å². The first kappa shape index (κ1) is 12.4. The van der Waals surface area contributed by atoms with Crippen molar-refractivity contribution in [2.45, 2.75) is 44.9 Å². The van der Waals surface area contributed by atoms with Gasteiger partial charge in [0.05, 0.1) is 12.1 Å². The minimum Gasteiger partial charge on any atom is -0.399 e. The molecule has 3 heteroatoms. The zero-order chi connectivity index (χ0) is 12.6. The van der Waals surface area contributed by atoms with E-state index in [4.69, 9.17) is 5.73 Å². The van der Waals surface area contributed by atoms with Crippen LogP contribution in [0, 0.1) is 0 Å². The molecule has 3 N–H and O–H groups in total. The Morgan fingerprint density at radius 2 is 2.06 bits per heavy atom. The second-order valence-corrected chi connectivity index (χ2v) is 5.84. The van der Waals surface area contributed by atoms with Crippen LogP contribution in [0.1, 0.15) is 38.8 Å². The zero-order valence-corrected chi connectivity index (χ0v) is 10.9. The normalized spacial score (nSPS) is 26.4. The van der Waals surface area contributed by atoms with E-state index in [9.17, 15) is 5.11 Å². The third-order valence-electron chi connectivity index (χ3n) is 3.48. The van der Waals surface area contributed by atoms with Crippen LogP contribution in [0.15, 0.2) is 24.3 Å². The van der Waals surface area contributed by atoms with E-state index in [1.165, 1.54) is 0 Å². The Hall–Kier alpha value is -1.06. The van der Waals surface area contributed by atoms with Crippen molar-refractivity contribution in [3.05, 3.63) is 29.8 Å². The summed E-state index contributed by atoms with van der Waals surface area (Å²) in [5.41, 5.74) is 7.76. The van der Waals surface area contributed by atoms with Crippen LogP contribution in [0.5, 0.6) is 0 Å². The van der Waals surface area contributed by atoms with Crippen LogP contribution in [0.4, 0.5) is 5.69 Å². The molecule has 1 heterocycles. The number of hydrogen-bond acceptors (Lipinski definition) is 3. The molecule has 94 valence electrons. The van der Waals surface area contributed by atoms with Gasteiger partial charge in [-0.05, 0) is 44.9 Å². The van der Waals surface area contributed by atoms with E-state index in [0.29, 0.717) is 0 Å². The van der Waals surface area contributed by atoms with Crippen LogP contribution >= 0.6 is 0 Å². The lowest BCUT2D eigenvalue weighted by atomic mass is 9.97. The molecule has 3 nitrogen and oxygen atoms in total. The third kappa shape index (κ3) is 2.45. The van der Waals surface area contributed by atoms with Crippen molar-refractivity contribution in [1.82, 2.24) is 4.90 Å². The molecule has 2 unspecified atom stereocenters. The number of benzene rings is 1. The lowest BCUT2D eigenvalue weighted by molar-refractivity contribution is 0.0636. The van der Waals surface area contributed by atoms with Gasteiger partial charge in [0.25, 0.3) is 0 Å². The van der Waals surface area contributed by atoms with E-state index in [2.05, 4.69) is 25.7 Å². The maximum absolute atomic E-state index is 10.2. The number of nitrogens with two attached hydrogens (primary N) is 1.